The number of pyridine rings is 1. The second-order valence-corrected chi connectivity index (χ2v) is 6.56. The Hall–Kier alpha value is -2.69. The summed E-state index contributed by atoms with van der Waals surface area (Å²) in [5.74, 6) is 0.764. The van der Waals surface area contributed by atoms with Gasteiger partial charge in [0.25, 0.3) is 0 Å². The Labute approximate surface area is 135 Å². The number of imidazole rings is 1. The third kappa shape index (κ3) is 3.39. The number of hydrogen-bond donors (Lipinski definition) is 2. The van der Waals surface area contributed by atoms with Gasteiger partial charge in [0.15, 0.2) is 5.82 Å². The van der Waals surface area contributed by atoms with Gasteiger partial charge < -0.3 is 10.3 Å². The van der Waals surface area contributed by atoms with Gasteiger partial charge in [0.05, 0.1) is 22.4 Å². The molecule has 2 heterocycles. The number of aromatic nitrogens is 3. The quantitative estimate of drug-likeness (QED) is 0.704. The van der Waals surface area contributed by atoms with Crippen molar-refractivity contribution < 1.29 is 0 Å². The van der Waals surface area contributed by atoms with Crippen LogP contribution in [-0.2, 0) is 0 Å². The molecule has 5 heteroatoms. The highest BCUT2D eigenvalue weighted by Crippen LogP contribution is 2.31. The summed E-state index contributed by atoms with van der Waals surface area (Å²) >= 11 is 0. The predicted molar refractivity (Wildman–Crippen MR) is 96.5 cm³/mol. The van der Waals surface area contributed by atoms with Crippen LogP contribution < -0.4 is 5.32 Å². The number of nitrogens with one attached hydrogen (secondary N) is 2. The molecule has 0 saturated heterocycles. The van der Waals surface area contributed by atoms with Crippen molar-refractivity contribution in [3.8, 4) is 11.5 Å². The number of aliphatic imine (C=N–C) groups is 1. The summed E-state index contributed by atoms with van der Waals surface area (Å²) in [7, 11) is 1.89. The lowest BCUT2D eigenvalue weighted by Gasteiger charge is -2.11. The summed E-state index contributed by atoms with van der Waals surface area (Å²) in [6, 6.07) is 9.81. The smallest absolute Gasteiger partial charge is 0.157 e. The Balaban J connectivity index is 2.08. The number of H-pyrrole nitrogens is 1. The zero-order valence-corrected chi connectivity index (χ0v) is 13.9. The standard InChI is InChI=1S/C18H21N5/c1-18(2,3)11-21-14-10-16-15(9-13(14)19-4)22-17(23-16)12-7-5-6-8-20-12/h5-11,19H,1-4H3,(H,22,23)/b21-11+. The van der Waals surface area contributed by atoms with Gasteiger partial charge in [-0.2, -0.15) is 0 Å². The molecule has 2 aromatic heterocycles. The maximum Gasteiger partial charge on any atom is 0.157 e. The van der Waals surface area contributed by atoms with Gasteiger partial charge >= 0.3 is 0 Å². The molecule has 1 aromatic carbocycles. The Kier molecular flexibility index (Phi) is 3.86. The van der Waals surface area contributed by atoms with Crippen molar-refractivity contribution >= 4 is 28.6 Å². The van der Waals surface area contributed by atoms with Gasteiger partial charge in [-0.1, -0.05) is 26.8 Å². The summed E-state index contributed by atoms with van der Waals surface area (Å²) < 4.78 is 0. The van der Waals surface area contributed by atoms with Gasteiger partial charge in [0.1, 0.15) is 5.69 Å². The summed E-state index contributed by atoms with van der Waals surface area (Å²) in [5.41, 5.74) is 4.56. The van der Waals surface area contributed by atoms with Crippen molar-refractivity contribution in [2.24, 2.45) is 10.4 Å². The molecule has 3 rings (SSSR count). The van der Waals surface area contributed by atoms with Crippen molar-refractivity contribution in [2.75, 3.05) is 12.4 Å². The van der Waals surface area contributed by atoms with Crippen LogP contribution in [0.25, 0.3) is 22.6 Å². The van der Waals surface area contributed by atoms with E-state index < -0.39 is 0 Å². The van der Waals surface area contributed by atoms with Crippen LogP contribution in [0.5, 0.6) is 0 Å². The first-order valence-electron chi connectivity index (χ1n) is 7.64. The summed E-state index contributed by atoms with van der Waals surface area (Å²) in [6.07, 6.45) is 3.73. The van der Waals surface area contributed by atoms with E-state index in [4.69, 9.17) is 0 Å². The maximum absolute atomic E-state index is 4.63. The van der Waals surface area contributed by atoms with Crippen molar-refractivity contribution in [3.05, 3.63) is 36.5 Å². The average molecular weight is 307 g/mol. The zero-order chi connectivity index (χ0) is 16.4. The highest BCUT2D eigenvalue weighted by atomic mass is 15.0. The maximum atomic E-state index is 4.63. The Bertz CT molecular complexity index is 841. The number of fused-ring (bicyclic) bond motifs is 1. The Morgan fingerprint density at radius 2 is 2.04 bits per heavy atom. The molecule has 0 aliphatic rings. The van der Waals surface area contributed by atoms with E-state index in [-0.39, 0.29) is 5.41 Å². The molecule has 3 aromatic rings. The summed E-state index contributed by atoms with van der Waals surface area (Å²) in [6.45, 7) is 6.39. The van der Waals surface area contributed by atoms with E-state index in [9.17, 15) is 0 Å². The Morgan fingerprint density at radius 3 is 2.70 bits per heavy atom. The molecule has 0 unspecified atom stereocenters. The SMILES string of the molecule is CNc1cc2nc(-c3ccccn3)[nH]c2cc1/N=C/C(C)(C)C. The Morgan fingerprint density at radius 1 is 1.22 bits per heavy atom. The van der Waals surface area contributed by atoms with Crippen molar-refractivity contribution in [1.29, 1.82) is 0 Å². The minimum Gasteiger partial charge on any atom is -0.386 e. The van der Waals surface area contributed by atoms with E-state index in [0.29, 0.717) is 0 Å². The van der Waals surface area contributed by atoms with Gasteiger partial charge in [-0.25, -0.2) is 4.98 Å². The fraction of sp³-hybridized carbons (Fsp3) is 0.278. The molecule has 23 heavy (non-hydrogen) atoms. The van der Waals surface area contributed by atoms with Gasteiger partial charge in [-0.05, 0) is 29.7 Å². The van der Waals surface area contributed by atoms with E-state index in [1.807, 2.05) is 43.6 Å². The van der Waals surface area contributed by atoms with Crippen molar-refractivity contribution in [1.82, 2.24) is 15.0 Å². The average Bonchev–Trinajstić information content (AvgIpc) is 2.95. The largest absolute Gasteiger partial charge is 0.386 e. The van der Waals surface area contributed by atoms with Crippen LogP contribution >= 0.6 is 0 Å². The van der Waals surface area contributed by atoms with Crippen LogP contribution in [0, 0.1) is 5.41 Å². The number of benzene rings is 1. The summed E-state index contributed by atoms with van der Waals surface area (Å²) in [5, 5.41) is 3.19. The molecular weight excluding hydrogens is 286 g/mol. The molecule has 0 saturated carbocycles. The molecule has 0 atom stereocenters. The molecule has 0 aliphatic carbocycles. The second kappa shape index (κ2) is 5.83. The molecule has 0 radical (unpaired) electrons. The predicted octanol–water partition coefficient (Wildman–Crippen LogP) is 4.42. The first-order valence-corrected chi connectivity index (χ1v) is 7.64. The van der Waals surface area contributed by atoms with Crippen molar-refractivity contribution in [3.63, 3.8) is 0 Å². The molecule has 0 spiro atoms. The number of aromatic amines is 1. The fourth-order valence-electron chi connectivity index (χ4n) is 2.24. The monoisotopic (exact) mass is 307 g/mol. The lowest BCUT2D eigenvalue weighted by Crippen LogP contribution is -2.05. The molecule has 118 valence electrons. The third-order valence-electron chi connectivity index (χ3n) is 3.37. The van der Waals surface area contributed by atoms with Crippen LogP contribution in [0.3, 0.4) is 0 Å². The molecule has 0 aliphatic heterocycles. The van der Waals surface area contributed by atoms with Gasteiger partial charge in [-0.3, -0.25) is 9.98 Å². The molecule has 0 amide bonds. The molecule has 0 bridgehead atoms. The minimum atomic E-state index is 0.0348. The highest BCUT2D eigenvalue weighted by Gasteiger charge is 2.11. The topological polar surface area (TPSA) is 66.0 Å². The molecule has 5 nitrogen and oxygen atoms in total. The van der Waals surface area contributed by atoms with Crippen molar-refractivity contribution in [2.45, 2.75) is 20.8 Å². The molecule has 2 N–H and O–H groups in total. The third-order valence-corrected chi connectivity index (χ3v) is 3.37. The second-order valence-electron chi connectivity index (χ2n) is 6.56. The lowest BCUT2D eigenvalue weighted by atomic mass is 9.99. The highest BCUT2D eigenvalue weighted by molar-refractivity contribution is 5.89. The van der Waals surface area contributed by atoms with E-state index in [2.05, 4.69) is 46.0 Å². The first-order chi connectivity index (χ1) is 11.0. The number of anilines is 1. The first kappa shape index (κ1) is 15.2. The number of nitrogens with zero attached hydrogens (tertiary/aromatic N) is 3. The summed E-state index contributed by atoms with van der Waals surface area (Å²) in [4.78, 5) is 16.9. The van der Waals surface area contributed by atoms with E-state index >= 15 is 0 Å². The zero-order valence-electron chi connectivity index (χ0n) is 13.9. The number of rotatable bonds is 3. The van der Waals surface area contributed by atoms with E-state index in [1.54, 1.807) is 6.20 Å². The van der Waals surface area contributed by atoms with Crippen LogP contribution in [-0.4, -0.2) is 28.2 Å². The van der Waals surface area contributed by atoms with E-state index in [1.165, 1.54) is 0 Å². The van der Waals surface area contributed by atoms with Crippen LogP contribution in [0.4, 0.5) is 11.4 Å². The van der Waals surface area contributed by atoms with Gasteiger partial charge in [0.2, 0.25) is 0 Å². The normalized spacial score (nSPS) is 12.2. The van der Waals surface area contributed by atoms with E-state index in [0.717, 1.165) is 33.9 Å². The molecular formula is C18H21N5. The minimum absolute atomic E-state index is 0.0348. The van der Waals surface area contributed by atoms with Gasteiger partial charge in [-0.15, -0.1) is 0 Å². The number of hydrogen-bond acceptors (Lipinski definition) is 4. The molecule has 0 fully saturated rings. The van der Waals surface area contributed by atoms with Crippen LogP contribution in [0.15, 0.2) is 41.5 Å². The fourth-order valence-corrected chi connectivity index (χ4v) is 2.24. The lowest BCUT2D eigenvalue weighted by molar-refractivity contribution is 0.607. The van der Waals surface area contributed by atoms with Crippen LogP contribution in [0.2, 0.25) is 0 Å². The van der Waals surface area contributed by atoms with Gasteiger partial charge in [0, 0.05) is 19.5 Å². The van der Waals surface area contributed by atoms with Crippen LogP contribution in [0.1, 0.15) is 20.8 Å².